The van der Waals surface area contributed by atoms with E-state index in [0.29, 0.717) is 11.0 Å². The number of halogens is 3. The molecule has 5 nitrogen and oxygen atoms in total. The summed E-state index contributed by atoms with van der Waals surface area (Å²) in [6, 6.07) is 3.70. The number of nitrogens with two attached hydrogens (primary N) is 1. The SMILES string of the molecule is Nc1ccc(C(=O)NC(=O)NC(F)(F)F)cc1. The number of imide groups is 1. The van der Waals surface area contributed by atoms with Crippen LogP contribution in [0.1, 0.15) is 10.4 Å². The summed E-state index contributed by atoms with van der Waals surface area (Å²) < 4.78 is 35.1. The zero-order valence-corrected chi connectivity index (χ0v) is 8.34. The van der Waals surface area contributed by atoms with Crippen molar-refractivity contribution in [2.45, 2.75) is 6.30 Å². The molecule has 8 heteroatoms. The number of carbonyl (C=O) groups excluding carboxylic acids is 2. The lowest BCUT2D eigenvalue weighted by Gasteiger charge is -2.09. The van der Waals surface area contributed by atoms with Gasteiger partial charge in [-0.2, -0.15) is 13.2 Å². The van der Waals surface area contributed by atoms with E-state index in [1.165, 1.54) is 29.6 Å². The summed E-state index contributed by atoms with van der Waals surface area (Å²) in [4.78, 5) is 22.0. The van der Waals surface area contributed by atoms with Gasteiger partial charge in [-0.15, -0.1) is 0 Å². The van der Waals surface area contributed by atoms with Crippen molar-refractivity contribution in [1.29, 1.82) is 0 Å². The molecule has 0 atom stereocenters. The number of nitrogens with one attached hydrogen (secondary N) is 2. The van der Waals surface area contributed by atoms with Gasteiger partial charge in [0, 0.05) is 11.3 Å². The number of hydrogen-bond acceptors (Lipinski definition) is 3. The van der Waals surface area contributed by atoms with Crippen molar-refractivity contribution in [3.05, 3.63) is 29.8 Å². The van der Waals surface area contributed by atoms with Crippen LogP contribution in [-0.4, -0.2) is 18.2 Å². The maximum absolute atomic E-state index is 11.7. The van der Waals surface area contributed by atoms with Gasteiger partial charge in [0.05, 0.1) is 0 Å². The highest BCUT2D eigenvalue weighted by Gasteiger charge is 2.30. The minimum atomic E-state index is -4.88. The molecule has 17 heavy (non-hydrogen) atoms. The first-order chi connectivity index (χ1) is 7.78. The van der Waals surface area contributed by atoms with Crippen LogP contribution >= 0.6 is 0 Å². The van der Waals surface area contributed by atoms with Crippen molar-refractivity contribution < 1.29 is 22.8 Å². The van der Waals surface area contributed by atoms with E-state index in [9.17, 15) is 22.8 Å². The Labute approximate surface area is 93.8 Å². The van der Waals surface area contributed by atoms with Gasteiger partial charge in [-0.3, -0.25) is 10.1 Å². The maximum Gasteiger partial charge on any atom is 0.485 e. The summed E-state index contributed by atoms with van der Waals surface area (Å²) in [5.41, 5.74) is 5.77. The van der Waals surface area contributed by atoms with Gasteiger partial charge in [-0.05, 0) is 24.3 Å². The fourth-order valence-corrected chi connectivity index (χ4v) is 0.970. The number of nitrogen functional groups attached to an aromatic ring is 1. The summed E-state index contributed by atoms with van der Waals surface area (Å²) in [5, 5.41) is 2.16. The number of alkyl halides is 3. The minimum Gasteiger partial charge on any atom is -0.399 e. The lowest BCUT2D eigenvalue weighted by molar-refractivity contribution is -0.145. The van der Waals surface area contributed by atoms with Crippen LogP contribution in [0.4, 0.5) is 23.7 Å². The normalized spacial score (nSPS) is 10.8. The smallest absolute Gasteiger partial charge is 0.399 e. The molecule has 0 radical (unpaired) electrons. The van der Waals surface area contributed by atoms with Crippen LogP contribution in [0.15, 0.2) is 24.3 Å². The number of benzene rings is 1. The molecule has 4 N–H and O–H groups in total. The van der Waals surface area contributed by atoms with E-state index in [4.69, 9.17) is 5.73 Å². The van der Waals surface area contributed by atoms with Crippen LogP contribution < -0.4 is 16.4 Å². The summed E-state index contributed by atoms with van der Waals surface area (Å²) >= 11 is 0. The van der Waals surface area contributed by atoms with Crippen molar-refractivity contribution in [3.63, 3.8) is 0 Å². The first kappa shape index (κ1) is 12.8. The number of carbonyl (C=O) groups is 2. The molecule has 1 aromatic rings. The van der Waals surface area contributed by atoms with Crippen LogP contribution in [0.5, 0.6) is 0 Å². The first-order valence-corrected chi connectivity index (χ1v) is 4.34. The lowest BCUT2D eigenvalue weighted by atomic mass is 10.2. The van der Waals surface area contributed by atoms with Crippen LogP contribution in [0.25, 0.3) is 0 Å². The summed E-state index contributed by atoms with van der Waals surface area (Å²) in [7, 11) is 0. The summed E-state index contributed by atoms with van der Waals surface area (Å²) in [6.45, 7) is 0. The zero-order chi connectivity index (χ0) is 13.1. The van der Waals surface area contributed by atoms with E-state index in [0.717, 1.165) is 0 Å². The molecule has 3 amide bonds. The highest BCUT2D eigenvalue weighted by molar-refractivity contribution is 6.04. The molecule has 0 heterocycles. The predicted molar refractivity (Wildman–Crippen MR) is 52.9 cm³/mol. The average Bonchev–Trinajstić information content (AvgIpc) is 2.15. The Morgan fingerprint density at radius 1 is 1.12 bits per heavy atom. The van der Waals surface area contributed by atoms with Gasteiger partial charge in [-0.25, -0.2) is 10.1 Å². The largest absolute Gasteiger partial charge is 0.485 e. The van der Waals surface area contributed by atoms with Crippen LogP contribution in [0, 0.1) is 0 Å². The molecular weight excluding hydrogens is 239 g/mol. The van der Waals surface area contributed by atoms with E-state index >= 15 is 0 Å². The third-order valence-corrected chi connectivity index (χ3v) is 1.66. The molecule has 0 saturated carbocycles. The third kappa shape index (κ3) is 4.41. The zero-order valence-electron chi connectivity index (χ0n) is 8.34. The molecule has 0 aliphatic carbocycles. The quantitative estimate of drug-likeness (QED) is 0.515. The average molecular weight is 247 g/mol. The van der Waals surface area contributed by atoms with Gasteiger partial charge >= 0.3 is 12.3 Å². The Morgan fingerprint density at radius 2 is 1.65 bits per heavy atom. The lowest BCUT2D eigenvalue weighted by Crippen LogP contribution is -2.46. The molecule has 0 bridgehead atoms. The molecule has 1 aromatic carbocycles. The number of urea groups is 1. The Balaban J connectivity index is 2.61. The van der Waals surface area contributed by atoms with Crippen molar-refractivity contribution in [1.82, 2.24) is 10.6 Å². The topological polar surface area (TPSA) is 84.2 Å². The van der Waals surface area contributed by atoms with Crippen LogP contribution in [0.2, 0.25) is 0 Å². The van der Waals surface area contributed by atoms with Crippen molar-refractivity contribution in [2.24, 2.45) is 0 Å². The van der Waals surface area contributed by atoms with Gasteiger partial charge in [-0.1, -0.05) is 0 Å². The molecule has 0 aliphatic rings. The number of hydrogen-bond donors (Lipinski definition) is 3. The van der Waals surface area contributed by atoms with E-state index in [-0.39, 0.29) is 5.56 Å². The summed E-state index contributed by atoms with van der Waals surface area (Å²) in [6.07, 6.45) is -4.88. The van der Waals surface area contributed by atoms with E-state index in [2.05, 4.69) is 0 Å². The van der Waals surface area contributed by atoms with Crippen LogP contribution in [-0.2, 0) is 0 Å². The monoisotopic (exact) mass is 247 g/mol. The van der Waals surface area contributed by atoms with E-state index in [1.807, 2.05) is 0 Å². The number of amides is 3. The Morgan fingerprint density at radius 3 is 2.12 bits per heavy atom. The molecule has 0 aromatic heterocycles. The van der Waals surface area contributed by atoms with Gasteiger partial charge in [0.15, 0.2) is 0 Å². The highest BCUT2D eigenvalue weighted by atomic mass is 19.4. The van der Waals surface area contributed by atoms with Crippen molar-refractivity contribution in [3.8, 4) is 0 Å². The molecule has 1 rings (SSSR count). The van der Waals surface area contributed by atoms with Crippen molar-refractivity contribution >= 4 is 17.6 Å². The molecule has 0 aliphatic heterocycles. The molecule has 0 saturated heterocycles. The Bertz CT molecular complexity index is 428. The van der Waals surface area contributed by atoms with Gasteiger partial charge < -0.3 is 5.73 Å². The predicted octanol–water partition coefficient (Wildman–Crippen LogP) is 1.23. The van der Waals surface area contributed by atoms with E-state index in [1.54, 1.807) is 0 Å². The number of anilines is 1. The van der Waals surface area contributed by atoms with Gasteiger partial charge in [0.25, 0.3) is 5.91 Å². The first-order valence-electron chi connectivity index (χ1n) is 4.34. The van der Waals surface area contributed by atoms with Crippen molar-refractivity contribution in [2.75, 3.05) is 5.73 Å². The second-order valence-corrected chi connectivity index (χ2v) is 3.03. The highest BCUT2D eigenvalue weighted by Crippen LogP contribution is 2.09. The molecule has 0 spiro atoms. The van der Waals surface area contributed by atoms with Gasteiger partial charge in [0.2, 0.25) is 0 Å². The maximum atomic E-state index is 11.7. The molecular formula is C9H8F3N3O2. The molecule has 0 unspecified atom stereocenters. The van der Waals surface area contributed by atoms with E-state index < -0.39 is 18.2 Å². The summed E-state index contributed by atoms with van der Waals surface area (Å²) in [5.74, 6) is -0.952. The third-order valence-electron chi connectivity index (χ3n) is 1.66. The fraction of sp³-hybridized carbons (Fsp3) is 0.111. The Kier molecular flexibility index (Phi) is 3.56. The number of rotatable bonds is 1. The second-order valence-electron chi connectivity index (χ2n) is 3.03. The van der Waals surface area contributed by atoms with Gasteiger partial charge in [0.1, 0.15) is 0 Å². The standard InChI is InChI=1S/C9H8F3N3O2/c10-9(11,12)15-8(17)14-7(16)5-1-3-6(13)4-2-5/h1-4H,13H2,(H2,14,15,16,17). The Hall–Kier alpha value is -2.25. The minimum absolute atomic E-state index is 0.0246. The second kappa shape index (κ2) is 4.73. The molecule has 0 fully saturated rings. The fourth-order valence-electron chi connectivity index (χ4n) is 0.970. The van der Waals surface area contributed by atoms with Crippen LogP contribution in [0.3, 0.4) is 0 Å². The molecule has 92 valence electrons.